The van der Waals surface area contributed by atoms with Crippen molar-refractivity contribution in [3.8, 4) is 5.75 Å². The first-order valence-corrected chi connectivity index (χ1v) is 6.63. The van der Waals surface area contributed by atoms with Gasteiger partial charge in [0, 0.05) is 24.1 Å². The molecule has 1 N–H and O–H groups in total. The van der Waals surface area contributed by atoms with Crippen LogP contribution in [0.25, 0.3) is 10.9 Å². The molecule has 1 aliphatic heterocycles. The Balaban J connectivity index is 2.07. The number of hydrogen-bond donors (Lipinski definition) is 1. The van der Waals surface area contributed by atoms with Gasteiger partial charge in [-0.15, -0.1) is 0 Å². The maximum Gasteiger partial charge on any atom is 0.119 e. The molecule has 1 aromatic carbocycles. The molecule has 0 atom stereocenters. The number of hydrogen-bond acceptors (Lipinski definition) is 3. The van der Waals surface area contributed by atoms with Crippen LogP contribution in [0.1, 0.15) is 18.2 Å². The molecule has 1 aromatic heterocycles. The summed E-state index contributed by atoms with van der Waals surface area (Å²) >= 11 is 0. The van der Waals surface area contributed by atoms with Crippen LogP contribution in [0.2, 0.25) is 0 Å². The third-order valence-electron chi connectivity index (χ3n) is 3.51. The SMILES string of the molecule is CCOCC1=NCCc2c1[nH]c1ccc(OC)cc21. The van der Waals surface area contributed by atoms with E-state index in [-0.39, 0.29) is 0 Å². The number of H-pyrrole nitrogens is 1. The molecule has 0 aliphatic carbocycles. The van der Waals surface area contributed by atoms with Crippen LogP contribution in [0.3, 0.4) is 0 Å². The number of ether oxygens (including phenoxy) is 2. The fraction of sp³-hybridized carbons (Fsp3) is 0.400. The van der Waals surface area contributed by atoms with Gasteiger partial charge in [-0.25, -0.2) is 0 Å². The Bertz CT molecular complexity index is 628. The van der Waals surface area contributed by atoms with Crippen LogP contribution in [0.15, 0.2) is 23.2 Å². The van der Waals surface area contributed by atoms with Crippen molar-refractivity contribution in [3.05, 3.63) is 29.5 Å². The highest BCUT2D eigenvalue weighted by Gasteiger charge is 2.19. The first-order valence-electron chi connectivity index (χ1n) is 6.63. The van der Waals surface area contributed by atoms with E-state index in [4.69, 9.17) is 9.47 Å². The molecule has 0 radical (unpaired) electrons. The van der Waals surface area contributed by atoms with Gasteiger partial charge in [0.05, 0.1) is 25.1 Å². The van der Waals surface area contributed by atoms with Crippen LogP contribution in [0.4, 0.5) is 0 Å². The van der Waals surface area contributed by atoms with Crippen molar-refractivity contribution >= 4 is 16.6 Å². The molecule has 0 spiro atoms. The zero-order valence-corrected chi connectivity index (χ0v) is 11.3. The summed E-state index contributed by atoms with van der Waals surface area (Å²) in [6.45, 7) is 4.12. The van der Waals surface area contributed by atoms with Crippen LogP contribution in [0.5, 0.6) is 5.75 Å². The quantitative estimate of drug-likeness (QED) is 0.916. The number of benzene rings is 1. The minimum absolute atomic E-state index is 0.577. The predicted octanol–water partition coefficient (Wildman–Crippen LogP) is 2.56. The molecule has 0 fully saturated rings. The average molecular weight is 258 g/mol. The Kier molecular flexibility index (Phi) is 3.25. The third-order valence-corrected chi connectivity index (χ3v) is 3.51. The largest absolute Gasteiger partial charge is 0.497 e. The molecule has 2 heterocycles. The number of aliphatic imine (C=N–C) groups is 1. The number of aromatic nitrogens is 1. The summed E-state index contributed by atoms with van der Waals surface area (Å²) in [5.41, 5.74) is 4.62. The molecule has 19 heavy (non-hydrogen) atoms. The van der Waals surface area contributed by atoms with Gasteiger partial charge in [-0.1, -0.05) is 0 Å². The van der Waals surface area contributed by atoms with Crippen molar-refractivity contribution in [1.29, 1.82) is 0 Å². The van der Waals surface area contributed by atoms with E-state index in [2.05, 4.69) is 22.1 Å². The summed E-state index contributed by atoms with van der Waals surface area (Å²) in [5, 5.41) is 1.23. The van der Waals surface area contributed by atoms with E-state index in [1.165, 1.54) is 10.9 Å². The number of aromatic amines is 1. The topological polar surface area (TPSA) is 46.6 Å². The number of rotatable bonds is 4. The van der Waals surface area contributed by atoms with Gasteiger partial charge in [0.2, 0.25) is 0 Å². The molecule has 1 aliphatic rings. The fourth-order valence-corrected chi connectivity index (χ4v) is 2.56. The van der Waals surface area contributed by atoms with Gasteiger partial charge >= 0.3 is 0 Å². The summed E-state index contributed by atoms with van der Waals surface area (Å²) in [7, 11) is 1.70. The Hall–Kier alpha value is -1.81. The second kappa shape index (κ2) is 5.05. The number of fused-ring (bicyclic) bond motifs is 3. The summed E-state index contributed by atoms with van der Waals surface area (Å²) in [6, 6.07) is 6.13. The van der Waals surface area contributed by atoms with E-state index in [1.807, 2.05) is 13.0 Å². The second-order valence-electron chi connectivity index (χ2n) is 4.61. The maximum absolute atomic E-state index is 5.50. The minimum Gasteiger partial charge on any atom is -0.497 e. The minimum atomic E-state index is 0.577. The molecular formula is C15H18N2O2. The Morgan fingerprint density at radius 3 is 3.05 bits per heavy atom. The molecule has 4 nitrogen and oxygen atoms in total. The molecule has 0 unspecified atom stereocenters. The average Bonchev–Trinajstić information content (AvgIpc) is 2.83. The van der Waals surface area contributed by atoms with Crippen LogP contribution in [-0.2, 0) is 11.2 Å². The molecule has 100 valence electrons. The molecule has 0 saturated carbocycles. The number of nitrogens with one attached hydrogen (secondary N) is 1. The first kappa shape index (κ1) is 12.2. The lowest BCUT2D eigenvalue weighted by atomic mass is 10.0. The highest BCUT2D eigenvalue weighted by atomic mass is 16.5. The molecule has 0 amide bonds. The lowest BCUT2D eigenvalue weighted by molar-refractivity contribution is 0.187. The Morgan fingerprint density at radius 1 is 1.37 bits per heavy atom. The summed E-state index contributed by atoms with van der Waals surface area (Å²) in [6.07, 6.45) is 0.970. The van der Waals surface area contributed by atoms with E-state index in [9.17, 15) is 0 Å². The molecule has 0 saturated heterocycles. The second-order valence-corrected chi connectivity index (χ2v) is 4.61. The van der Waals surface area contributed by atoms with Crippen LogP contribution < -0.4 is 4.74 Å². The smallest absolute Gasteiger partial charge is 0.119 e. The van der Waals surface area contributed by atoms with Crippen LogP contribution in [0, 0.1) is 0 Å². The maximum atomic E-state index is 5.50. The first-order chi connectivity index (χ1) is 9.33. The number of methoxy groups -OCH3 is 1. The highest BCUT2D eigenvalue weighted by molar-refractivity contribution is 6.07. The number of nitrogens with zero attached hydrogens (tertiary/aromatic N) is 1. The van der Waals surface area contributed by atoms with Gasteiger partial charge in [-0.3, -0.25) is 4.99 Å². The van der Waals surface area contributed by atoms with Gasteiger partial charge < -0.3 is 14.5 Å². The van der Waals surface area contributed by atoms with E-state index < -0.39 is 0 Å². The van der Waals surface area contributed by atoms with Gasteiger partial charge in [-0.05, 0) is 37.1 Å². The summed E-state index contributed by atoms with van der Waals surface area (Å²) < 4.78 is 10.8. The van der Waals surface area contributed by atoms with E-state index >= 15 is 0 Å². The van der Waals surface area contributed by atoms with Crippen molar-refractivity contribution in [1.82, 2.24) is 4.98 Å². The molecule has 2 aromatic rings. The van der Waals surface area contributed by atoms with Crippen molar-refractivity contribution in [2.75, 3.05) is 26.9 Å². The molecule has 0 bridgehead atoms. The lowest BCUT2D eigenvalue weighted by Crippen LogP contribution is -2.17. The molecule has 4 heteroatoms. The van der Waals surface area contributed by atoms with Crippen molar-refractivity contribution in [3.63, 3.8) is 0 Å². The van der Waals surface area contributed by atoms with E-state index in [0.717, 1.165) is 35.6 Å². The van der Waals surface area contributed by atoms with Gasteiger partial charge in [-0.2, -0.15) is 0 Å². The molecule has 3 rings (SSSR count). The van der Waals surface area contributed by atoms with Crippen molar-refractivity contribution in [2.24, 2.45) is 4.99 Å². The van der Waals surface area contributed by atoms with Gasteiger partial charge in [0.1, 0.15) is 5.75 Å². The Morgan fingerprint density at radius 2 is 2.26 bits per heavy atom. The van der Waals surface area contributed by atoms with Crippen molar-refractivity contribution < 1.29 is 9.47 Å². The third kappa shape index (κ3) is 2.12. The van der Waals surface area contributed by atoms with E-state index in [1.54, 1.807) is 7.11 Å². The highest BCUT2D eigenvalue weighted by Crippen LogP contribution is 2.29. The molecular weight excluding hydrogens is 240 g/mol. The predicted molar refractivity (Wildman–Crippen MR) is 76.5 cm³/mol. The van der Waals surface area contributed by atoms with Gasteiger partial charge in [0.15, 0.2) is 0 Å². The standard InChI is InChI=1S/C15H18N2O2/c1-3-19-9-14-15-11(6-7-16-14)12-8-10(18-2)4-5-13(12)17-15/h4-5,8,17H,3,6-7,9H2,1-2H3. The van der Waals surface area contributed by atoms with Crippen LogP contribution >= 0.6 is 0 Å². The fourth-order valence-electron chi connectivity index (χ4n) is 2.56. The summed E-state index contributed by atoms with van der Waals surface area (Å²) in [4.78, 5) is 8.04. The lowest BCUT2D eigenvalue weighted by Gasteiger charge is -2.13. The zero-order valence-electron chi connectivity index (χ0n) is 11.3. The Labute approximate surface area is 112 Å². The van der Waals surface area contributed by atoms with E-state index in [0.29, 0.717) is 13.2 Å². The normalized spacial score (nSPS) is 14.3. The zero-order chi connectivity index (χ0) is 13.2. The van der Waals surface area contributed by atoms with Crippen LogP contribution in [-0.4, -0.2) is 37.6 Å². The van der Waals surface area contributed by atoms with Crippen molar-refractivity contribution in [2.45, 2.75) is 13.3 Å². The monoisotopic (exact) mass is 258 g/mol. The summed E-state index contributed by atoms with van der Waals surface area (Å²) in [5.74, 6) is 0.892. The van der Waals surface area contributed by atoms with Gasteiger partial charge in [0.25, 0.3) is 0 Å².